The first-order valence-electron chi connectivity index (χ1n) is 41.0. The largest absolute Gasteiger partial charge is 0.472 e. The van der Waals surface area contributed by atoms with Crippen molar-refractivity contribution in [3.63, 3.8) is 0 Å². The van der Waals surface area contributed by atoms with Gasteiger partial charge in [0.2, 0.25) is 0 Å². The lowest BCUT2D eigenvalue weighted by Crippen LogP contribution is -2.29. The van der Waals surface area contributed by atoms with Crippen LogP contribution in [0.15, 0.2) is 158 Å². The van der Waals surface area contributed by atoms with Gasteiger partial charge in [-0.1, -0.05) is 384 Å². The van der Waals surface area contributed by atoms with Crippen molar-refractivity contribution in [3.8, 4) is 0 Å². The van der Waals surface area contributed by atoms with Crippen molar-refractivity contribution < 1.29 is 37.6 Å². The number of allylic oxidation sites excluding steroid dienone is 26. The first-order valence-corrected chi connectivity index (χ1v) is 42.5. The zero-order chi connectivity index (χ0) is 71.5. The minimum absolute atomic E-state index is 0.0486. The Morgan fingerprint density at radius 3 is 0.778 bits per heavy atom. The van der Waals surface area contributed by atoms with Crippen LogP contribution in [0.1, 0.15) is 361 Å². The standard InChI is InChI=1S/C89H152NO8P/c1-3-5-7-9-11-13-15-17-19-21-23-25-27-29-31-33-35-37-39-41-43-45-47-49-51-53-55-57-59-61-63-65-67-69-71-73-75-77-79-81-88(91)95-85-87(86-97-99(93,94)96-84-83-90)98-89(92)82-80-78-76-74-72-70-68-66-64-62-60-58-56-54-52-50-48-46-44-42-40-38-36-34-32-30-28-26-24-22-20-18-16-14-12-10-8-6-4-2/h5-8,11-14,17-20,23-26,30,32,36,38,42,44,48,50,54,56,87H,3-4,9-10,15-16,21-22,27-29,31,33-35,37,39-41,43,45-47,49,51-53,55,57-86,90H2,1-2H3,(H,93,94)/b7-5-,8-6-,13-11-,14-12-,19-17-,20-18-,25-23-,26-24-,32-30-,38-36-,44-42-,50-48-,56-54-. The van der Waals surface area contributed by atoms with Crippen molar-refractivity contribution in [2.24, 2.45) is 5.73 Å². The van der Waals surface area contributed by atoms with Crippen LogP contribution in [0, 0.1) is 0 Å². The van der Waals surface area contributed by atoms with E-state index in [2.05, 4.69) is 172 Å². The van der Waals surface area contributed by atoms with Crippen LogP contribution in [0.4, 0.5) is 0 Å². The van der Waals surface area contributed by atoms with Gasteiger partial charge in [0.05, 0.1) is 13.2 Å². The Morgan fingerprint density at radius 1 is 0.303 bits per heavy atom. The van der Waals surface area contributed by atoms with Crippen molar-refractivity contribution in [1.82, 2.24) is 0 Å². The third-order valence-electron chi connectivity index (χ3n) is 17.4. The topological polar surface area (TPSA) is 134 Å². The molecular weight excluding hydrogens is 1240 g/mol. The average molecular weight is 1400 g/mol. The van der Waals surface area contributed by atoms with Crippen molar-refractivity contribution in [1.29, 1.82) is 0 Å². The van der Waals surface area contributed by atoms with Crippen LogP contribution in [-0.2, 0) is 32.7 Å². The quantitative estimate of drug-likeness (QED) is 0.0264. The number of nitrogens with two attached hydrogens (primary N) is 1. The van der Waals surface area contributed by atoms with E-state index < -0.39 is 26.5 Å². The van der Waals surface area contributed by atoms with E-state index in [0.717, 1.165) is 128 Å². The molecule has 0 radical (unpaired) electrons. The fourth-order valence-corrected chi connectivity index (χ4v) is 12.2. The Kier molecular flexibility index (Phi) is 78.9. The fraction of sp³-hybridized carbons (Fsp3) is 0.685. The molecule has 0 amide bonds. The number of phosphoric ester groups is 1. The molecule has 566 valence electrons. The van der Waals surface area contributed by atoms with Crippen LogP contribution in [0.2, 0.25) is 0 Å². The van der Waals surface area contributed by atoms with Gasteiger partial charge in [0.15, 0.2) is 6.10 Å². The SMILES string of the molecule is CC/C=C\C/C=C\C/C=C\C/C=C\C/C=C\C/C=C\C/C=C\C/C=C\C/C=C\CCCCCCCCCCCCCC(=O)OC(COC(=O)CCCCCCCCCCCCCCCCCCCCCCCCCCCC/C=C\C/C=C\C/C=C\C/C=C\CC)COP(=O)(O)OCCN. The lowest BCUT2D eigenvalue weighted by Gasteiger charge is -2.19. The Labute approximate surface area is 610 Å². The highest BCUT2D eigenvalue weighted by Crippen LogP contribution is 2.43. The number of carbonyl (C=O) groups is 2. The first-order chi connectivity index (χ1) is 48.8. The third kappa shape index (κ3) is 82.5. The Hall–Kier alpha value is -4.37. The Morgan fingerprint density at radius 2 is 0.525 bits per heavy atom. The van der Waals surface area contributed by atoms with Crippen molar-refractivity contribution in [2.75, 3.05) is 26.4 Å². The zero-order valence-corrected chi connectivity index (χ0v) is 64.8. The van der Waals surface area contributed by atoms with E-state index in [1.165, 1.54) is 199 Å². The number of rotatable bonds is 76. The fourth-order valence-electron chi connectivity index (χ4n) is 11.4. The molecule has 0 spiro atoms. The van der Waals surface area contributed by atoms with E-state index in [4.69, 9.17) is 24.3 Å². The van der Waals surface area contributed by atoms with Gasteiger partial charge in [-0.3, -0.25) is 18.6 Å². The molecule has 0 aliphatic carbocycles. The molecule has 2 unspecified atom stereocenters. The molecule has 0 rings (SSSR count). The average Bonchev–Trinajstić information content (AvgIpc) is 1.35. The van der Waals surface area contributed by atoms with E-state index in [9.17, 15) is 19.0 Å². The Balaban J connectivity index is 3.83. The normalized spacial score (nSPS) is 13.7. The molecule has 0 aliphatic rings. The molecule has 9 nitrogen and oxygen atoms in total. The molecule has 0 aliphatic heterocycles. The lowest BCUT2D eigenvalue weighted by atomic mass is 10.0. The van der Waals surface area contributed by atoms with Gasteiger partial charge in [0, 0.05) is 19.4 Å². The maximum Gasteiger partial charge on any atom is 0.472 e. The van der Waals surface area contributed by atoms with Crippen LogP contribution in [0.5, 0.6) is 0 Å². The van der Waals surface area contributed by atoms with Crippen molar-refractivity contribution in [3.05, 3.63) is 158 Å². The summed E-state index contributed by atoms with van der Waals surface area (Å²) in [7, 11) is -4.41. The number of esters is 2. The second-order valence-corrected chi connectivity index (χ2v) is 28.3. The highest BCUT2D eigenvalue weighted by Gasteiger charge is 2.26. The lowest BCUT2D eigenvalue weighted by molar-refractivity contribution is -0.161. The predicted molar refractivity (Wildman–Crippen MR) is 431 cm³/mol. The highest BCUT2D eigenvalue weighted by molar-refractivity contribution is 7.47. The van der Waals surface area contributed by atoms with Gasteiger partial charge < -0.3 is 20.1 Å². The highest BCUT2D eigenvalue weighted by atomic mass is 31.2. The van der Waals surface area contributed by atoms with E-state index >= 15 is 0 Å². The monoisotopic (exact) mass is 1390 g/mol. The molecule has 0 fully saturated rings. The number of hydrogen-bond donors (Lipinski definition) is 2. The first kappa shape index (κ1) is 94.6. The maximum atomic E-state index is 12.8. The summed E-state index contributed by atoms with van der Waals surface area (Å²) in [5.41, 5.74) is 5.42. The van der Waals surface area contributed by atoms with Crippen LogP contribution < -0.4 is 5.73 Å². The molecule has 10 heteroatoms. The van der Waals surface area contributed by atoms with Crippen LogP contribution in [-0.4, -0.2) is 49.3 Å². The maximum absolute atomic E-state index is 12.8. The number of phosphoric acid groups is 1. The minimum atomic E-state index is -4.41. The number of unbranched alkanes of at least 4 members (excludes halogenated alkanes) is 37. The molecule has 0 saturated carbocycles. The summed E-state index contributed by atoms with van der Waals surface area (Å²) in [4.78, 5) is 35.5. The molecule has 99 heavy (non-hydrogen) atoms. The molecule has 0 aromatic heterocycles. The molecular formula is C89H152NO8P. The molecule has 0 aromatic carbocycles. The molecule has 0 aromatic rings. The van der Waals surface area contributed by atoms with Crippen LogP contribution >= 0.6 is 7.82 Å². The molecule has 0 saturated heterocycles. The van der Waals surface area contributed by atoms with Gasteiger partial charge in [-0.05, 0) is 122 Å². The summed E-state index contributed by atoms with van der Waals surface area (Å²) in [6.45, 7) is 3.55. The van der Waals surface area contributed by atoms with Gasteiger partial charge in [-0.25, -0.2) is 4.57 Å². The second kappa shape index (κ2) is 82.6. The summed E-state index contributed by atoms with van der Waals surface area (Å²) in [6, 6.07) is 0. The number of hydrogen-bond acceptors (Lipinski definition) is 8. The van der Waals surface area contributed by atoms with Gasteiger partial charge in [-0.2, -0.15) is 0 Å². The van der Waals surface area contributed by atoms with Gasteiger partial charge in [0.25, 0.3) is 0 Å². The van der Waals surface area contributed by atoms with E-state index in [0.29, 0.717) is 6.42 Å². The van der Waals surface area contributed by atoms with Gasteiger partial charge in [0.1, 0.15) is 6.61 Å². The van der Waals surface area contributed by atoms with E-state index in [1.54, 1.807) is 0 Å². The summed E-state index contributed by atoms with van der Waals surface area (Å²) in [5, 5.41) is 0. The molecule has 0 bridgehead atoms. The molecule has 3 N–H and O–H groups in total. The molecule has 2 atom stereocenters. The van der Waals surface area contributed by atoms with Crippen LogP contribution in [0.3, 0.4) is 0 Å². The summed E-state index contributed by atoms with van der Waals surface area (Å²) in [6.07, 6.45) is 121. The third-order valence-corrected chi connectivity index (χ3v) is 18.4. The van der Waals surface area contributed by atoms with Gasteiger partial charge >= 0.3 is 19.8 Å². The second-order valence-electron chi connectivity index (χ2n) is 26.9. The molecule has 0 heterocycles. The van der Waals surface area contributed by atoms with E-state index in [1.807, 2.05) is 0 Å². The summed E-state index contributed by atoms with van der Waals surface area (Å²) >= 11 is 0. The zero-order valence-electron chi connectivity index (χ0n) is 63.9. The Bertz CT molecular complexity index is 2190. The summed E-state index contributed by atoms with van der Waals surface area (Å²) < 4.78 is 33.3. The van der Waals surface area contributed by atoms with E-state index in [-0.39, 0.29) is 38.6 Å². The predicted octanol–water partition coefficient (Wildman–Crippen LogP) is 27.9. The smallest absolute Gasteiger partial charge is 0.462 e. The number of carbonyl (C=O) groups excluding carboxylic acids is 2. The minimum Gasteiger partial charge on any atom is -0.462 e. The van der Waals surface area contributed by atoms with Crippen LogP contribution in [0.25, 0.3) is 0 Å². The van der Waals surface area contributed by atoms with Crippen molar-refractivity contribution in [2.45, 2.75) is 367 Å². The van der Waals surface area contributed by atoms with Gasteiger partial charge in [-0.15, -0.1) is 0 Å². The number of ether oxygens (including phenoxy) is 2. The summed E-state index contributed by atoms with van der Waals surface area (Å²) in [5.74, 6) is -0.823. The van der Waals surface area contributed by atoms with Crippen molar-refractivity contribution >= 4 is 19.8 Å².